The van der Waals surface area contributed by atoms with Gasteiger partial charge in [0, 0.05) is 149 Å². The molecule has 4 saturated heterocycles. The molecule has 147 heavy (non-hydrogen) atoms. The van der Waals surface area contributed by atoms with E-state index in [9.17, 15) is 53.2 Å². The molecule has 20 atom stereocenters. The van der Waals surface area contributed by atoms with Crippen LogP contribution >= 0.6 is 34.8 Å². The number of nitrogens with one attached hydrogen (secondary N) is 3. The lowest BCUT2D eigenvalue weighted by atomic mass is 9.62. The van der Waals surface area contributed by atoms with E-state index >= 15 is 0 Å². The number of ether oxygens (including phenoxy) is 6. The van der Waals surface area contributed by atoms with Crippen molar-refractivity contribution in [3.63, 3.8) is 0 Å². The molecule has 7 fully saturated rings. The Kier molecular flexibility index (Phi) is 30.1. The number of halogens is 3. The molecule has 6 spiro atoms. The average molecular weight is 2180 g/mol. The third kappa shape index (κ3) is 21.4. The van der Waals surface area contributed by atoms with E-state index in [1.165, 1.54) is 45.9 Å². The summed E-state index contributed by atoms with van der Waals surface area (Å²) in [6.45, 7) is 23.7. The van der Waals surface area contributed by atoms with Gasteiger partial charge in [0.05, 0.1) is 117 Å². The van der Waals surface area contributed by atoms with Crippen molar-refractivity contribution in [2.45, 2.75) is 244 Å². The predicted octanol–water partition coefficient (Wildman–Crippen LogP) is 16.0. The number of benzene rings is 6. The summed E-state index contributed by atoms with van der Waals surface area (Å²) in [5.74, 6) is 9.88. The molecule has 2 unspecified atom stereocenters. The van der Waals surface area contributed by atoms with Gasteiger partial charge >= 0.3 is 0 Å². The van der Waals surface area contributed by atoms with Crippen molar-refractivity contribution in [1.82, 2.24) is 27.7 Å². The number of carbonyl (C=O) groups is 3. The SMILES string of the molecule is C=S1(=O)NC(=O)c2ccc3c(c2)N(C[C@@H]2CC[C@H]2[C@@]2(CCC[C@H](C)[C@H]1C)CN(S(C)(=O)=O)CCO2)C[C@@]1(CCCc2cc(Cl)ccc21)CO3.C=S1(=O)NC(=O)c2ccc3c(c2)N(C[C@@H]2CC[C@H]2[C@](O)(CN2CC4(COC4)C2)CCC[C@H](C)[C@H]1C)C[C@@]1(CCCc2cc(Cl)ccc21)CO3.C[C@@H]1[C@@H](C)CCC[C@]2(CN(S(C)(=O)=O)CCO2)[C@@H]2CC[C@H]2CN2C[C@@]3(CCCc4cc(Cl)ccc43)COc3ccc(cc32)C(=O)NS1(=O)=O. The van der Waals surface area contributed by atoms with Gasteiger partial charge in [0.25, 0.3) is 17.7 Å². The van der Waals surface area contributed by atoms with Crippen LogP contribution in [0.1, 0.15) is 241 Å². The van der Waals surface area contributed by atoms with Crippen LogP contribution in [0.15, 0.2) is 109 Å². The molecular weight excluding hydrogens is 2030 g/mol. The number of nitrogens with zero attached hydrogens (tertiary/aromatic N) is 6. The first-order chi connectivity index (χ1) is 69.8. The van der Waals surface area contributed by atoms with Crippen molar-refractivity contribution >= 4 is 131 Å². The fourth-order valence-electron chi connectivity index (χ4n) is 28.5. The van der Waals surface area contributed by atoms with Crippen LogP contribution in [0.3, 0.4) is 0 Å². The van der Waals surface area contributed by atoms with Gasteiger partial charge in [0.1, 0.15) is 17.2 Å². The number of hydrogen-bond acceptors (Lipinski definition) is 22. The van der Waals surface area contributed by atoms with E-state index in [0.29, 0.717) is 151 Å². The maximum Gasteiger partial charge on any atom is 0.264 e. The van der Waals surface area contributed by atoms with Gasteiger partial charge in [-0.2, -0.15) is 8.61 Å². The quantitative estimate of drug-likeness (QED) is 0.119. The second-order valence-electron chi connectivity index (χ2n) is 47.5. The zero-order chi connectivity index (χ0) is 104. The van der Waals surface area contributed by atoms with Crippen LogP contribution in [-0.2, 0) is 99.2 Å². The molecule has 3 saturated carbocycles. The van der Waals surface area contributed by atoms with Gasteiger partial charge in [-0.05, 0) is 345 Å². The highest BCUT2D eigenvalue weighted by Gasteiger charge is 2.59. The number of carbonyl (C=O) groups excluding carboxylic acids is 3. The maximum absolute atomic E-state index is 13.9. The van der Waals surface area contributed by atoms with Crippen LogP contribution in [-0.4, -0.2) is 258 Å². The maximum atomic E-state index is 13.9. The molecule has 16 aliphatic rings. The van der Waals surface area contributed by atoms with E-state index in [1.807, 2.05) is 63.2 Å². The summed E-state index contributed by atoms with van der Waals surface area (Å²) in [7, 11) is -16.7. The lowest BCUT2D eigenvalue weighted by molar-refractivity contribution is -0.208. The van der Waals surface area contributed by atoms with Crippen LogP contribution in [0, 0.1) is 58.7 Å². The first-order valence-electron chi connectivity index (χ1n) is 53.8. The number of aryl methyl sites for hydroxylation is 3. The van der Waals surface area contributed by atoms with E-state index in [1.54, 1.807) is 45.9 Å². The Labute approximate surface area is 886 Å². The summed E-state index contributed by atoms with van der Waals surface area (Å²) >= 11 is 19.4. The normalized spacial score (nSPS) is 35.6. The highest BCUT2D eigenvalue weighted by Crippen LogP contribution is 2.57. The van der Waals surface area contributed by atoms with E-state index in [2.05, 4.69) is 95.8 Å². The molecule has 10 heterocycles. The first kappa shape index (κ1) is 107. The predicted molar refractivity (Wildman–Crippen MR) is 583 cm³/mol. The van der Waals surface area contributed by atoms with Crippen LogP contribution < -0.4 is 43.1 Å². The lowest BCUT2D eigenvalue weighted by Gasteiger charge is -2.58. The Hall–Kier alpha value is -6.99. The monoisotopic (exact) mass is 2170 g/mol. The van der Waals surface area contributed by atoms with Crippen molar-refractivity contribution in [1.29, 1.82) is 0 Å². The molecule has 27 nitrogen and oxygen atoms in total. The molecule has 22 rings (SSSR count). The van der Waals surface area contributed by atoms with E-state index < -0.39 is 83.4 Å². The van der Waals surface area contributed by atoms with Gasteiger partial charge in [-0.1, -0.05) is 93.0 Å². The molecule has 802 valence electrons. The highest BCUT2D eigenvalue weighted by atomic mass is 35.5. The lowest BCUT2D eigenvalue weighted by Crippen LogP contribution is -2.69. The summed E-state index contributed by atoms with van der Waals surface area (Å²) in [5, 5.41) is 13.4. The Morgan fingerprint density at radius 3 is 1.12 bits per heavy atom. The summed E-state index contributed by atoms with van der Waals surface area (Å²) < 4.78 is 156. The molecule has 0 aromatic heterocycles. The Bertz CT molecular complexity index is 6370. The molecule has 6 aliphatic carbocycles. The number of fused-ring (bicyclic) bond motifs is 14. The van der Waals surface area contributed by atoms with Crippen molar-refractivity contribution in [3.05, 3.63) is 174 Å². The van der Waals surface area contributed by atoms with Crippen molar-refractivity contribution in [3.8, 4) is 17.2 Å². The minimum Gasteiger partial charge on any atom is -0.490 e. The second kappa shape index (κ2) is 41.4. The highest BCUT2D eigenvalue weighted by molar-refractivity contribution is 8.00. The van der Waals surface area contributed by atoms with Gasteiger partial charge in [-0.3, -0.25) is 28.7 Å². The van der Waals surface area contributed by atoms with E-state index in [4.69, 9.17) is 63.2 Å². The molecule has 6 aromatic rings. The molecular formula is C112H150Cl3N9O18S5. The number of β-amino-alcohol motifs (C(OH)–C–C–N with tert-alkyl or cyclic N) is 1. The third-order valence-corrected chi connectivity index (χ3v) is 47.4. The van der Waals surface area contributed by atoms with Gasteiger partial charge in [-0.25, -0.2) is 38.4 Å². The van der Waals surface area contributed by atoms with Crippen LogP contribution in [0.5, 0.6) is 17.2 Å². The van der Waals surface area contributed by atoms with Crippen molar-refractivity contribution < 1.29 is 81.6 Å². The number of aliphatic hydroxyl groups is 1. The first-order valence-corrected chi connectivity index (χ1v) is 63.8. The molecule has 35 heteroatoms. The average Bonchev–Trinajstić information content (AvgIpc) is 1.48. The Morgan fingerprint density at radius 1 is 0.415 bits per heavy atom. The number of rotatable bonds is 4. The van der Waals surface area contributed by atoms with Crippen LogP contribution in [0.4, 0.5) is 17.1 Å². The van der Waals surface area contributed by atoms with E-state index in [-0.39, 0.29) is 85.6 Å². The number of morpholine rings is 2. The molecule has 3 amide bonds. The number of likely N-dealkylation sites (tertiary alicyclic amines) is 1. The second-order valence-corrected chi connectivity index (χ2v) is 59.6. The zero-order valence-electron chi connectivity index (χ0n) is 86.6. The fraction of sp³-hybridized carbons (Fsp3) is 0.634. The van der Waals surface area contributed by atoms with Gasteiger partial charge in [0.15, 0.2) is 0 Å². The molecule has 6 aromatic carbocycles. The smallest absolute Gasteiger partial charge is 0.264 e. The molecule has 0 radical (unpaired) electrons. The van der Waals surface area contributed by atoms with Crippen molar-refractivity contribution in [2.75, 3.05) is 159 Å². The minimum atomic E-state index is -3.98. The number of hydrogen-bond donors (Lipinski definition) is 4. The van der Waals surface area contributed by atoms with Gasteiger partial charge in [0.2, 0.25) is 30.1 Å². The van der Waals surface area contributed by atoms with Gasteiger partial charge < -0.3 is 48.2 Å². The summed E-state index contributed by atoms with van der Waals surface area (Å²) in [4.78, 5) is 50.6. The molecule has 10 aliphatic heterocycles. The van der Waals surface area contributed by atoms with Crippen molar-refractivity contribution in [2.24, 2.45) is 58.7 Å². The molecule has 4 N–H and O–H groups in total. The summed E-state index contributed by atoms with van der Waals surface area (Å²) in [5.41, 5.74) is 8.57. The number of sulfonamides is 3. The summed E-state index contributed by atoms with van der Waals surface area (Å²) in [6.07, 6.45) is 23.9. The Balaban J connectivity index is 0.000000134. The van der Waals surface area contributed by atoms with Gasteiger partial charge in [-0.15, -0.1) is 0 Å². The van der Waals surface area contributed by atoms with Crippen LogP contribution in [0.2, 0.25) is 15.1 Å². The van der Waals surface area contributed by atoms with E-state index in [0.717, 1.165) is 207 Å². The summed E-state index contributed by atoms with van der Waals surface area (Å²) in [6, 6.07) is 35.0. The largest absolute Gasteiger partial charge is 0.490 e. The third-order valence-electron chi connectivity index (χ3n) is 37.9. The number of anilines is 3. The molecule has 6 bridgehead atoms. The number of amides is 3. The minimum absolute atomic E-state index is 0.0161. The Morgan fingerprint density at radius 2 is 0.769 bits per heavy atom. The zero-order valence-corrected chi connectivity index (χ0v) is 92.9. The standard InChI is InChI=1S/C39H52ClN3O5S.C37H50ClN3O6S2.C36H48ClN3O7S2/c1-26-6-4-15-39(45,22-42-19-37(20-42)23-47-24-37)33-11-8-30(33)18-43-21-38(14-5-7-28-16-31(40)10-12-32(28)38)25-48-35-13-9-29(17-34(35)43)36(44)41-49(3,46)27(26)2;1-25-7-5-16-37(23-41(17-18-47-37)49(4,44)45)32-12-9-29(32)21-40-22-36(15-6-8-27-19-30(38)11-13-31(27)36)24-46-34-14-10-28(20-33(34)40)35(42)39-48(3,43)26(25)2;1-24-6-4-15-36(22-40(16-17-47-36)48(3,42)43)31-11-8-28(31)20-39-21-35(14-5-7-26-18-29(37)10-12-30(26)35)23-46-33-13-9-27(19-32(33)39)34(41)38-49(44,45)25(24)2/h9-10,12-13,16-17,26-27,30,33,45H,3-8,11,14-15,18-25H2,1-2H3,(H,41,44,46);10-11,13-14,19-20,25-26,29,32H,3,5-9,12,15-18,21-24H2,1-2,4H3,(H,39,42,43);9-10,12-13,18-19,24-25,28,31H,4-8,11,14-17,20-23H2,1-3H3,(H,38,41)/t26-,27+,30-,33+,38-,39+,49?;25-,26+,29-,32+,36-,37+,48?;24-,25+,28-,31+,35-,36-/m000/s1. The topological polar surface area (TPSA) is 319 Å². The van der Waals surface area contributed by atoms with Crippen LogP contribution in [0.25, 0.3) is 0 Å². The fourth-order valence-corrected chi connectivity index (χ4v) is 35.1.